The van der Waals surface area contributed by atoms with Crippen LogP contribution in [0.25, 0.3) is 0 Å². The van der Waals surface area contributed by atoms with Crippen molar-refractivity contribution in [3.05, 3.63) is 60.7 Å². The molecule has 8 heteroatoms. The number of nitrogens with zero attached hydrogens (tertiary/aromatic N) is 3. The Morgan fingerprint density at radius 3 is 1.76 bits per heavy atom. The third-order valence-corrected chi connectivity index (χ3v) is 4.64. The Bertz CT molecular complexity index is 788. The Morgan fingerprint density at radius 1 is 0.840 bits per heavy atom. The number of rotatable bonds is 7. The maximum Gasteiger partial charge on any atom is 0.322 e. The summed E-state index contributed by atoms with van der Waals surface area (Å²) in [6, 6.07) is 19.5. The molecule has 0 aliphatic carbocycles. The van der Waals surface area contributed by atoms with Gasteiger partial charge < -0.3 is 10.4 Å². The molecule has 6 nitrogen and oxygen atoms in total. The molecule has 0 amide bonds. The molecule has 0 aliphatic heterocycles. The van der Waals surface area contributed by atoms with E-state index in [-0.39, 0.29) is 12.5 Å². The van der Waals surface area contributed by atoms with Crippen molar-refractivity contribution in [1.29, 1.82) is 0 Å². The number of carboxylic acids is 1. The first kappa shape index (κ1) is 17.2. The molecule has 1 aromatic heterocycles. The zero-order valence-electron chi connectivity index (χ0n) is 13.0. The highest BCUT2D eigenvalue weighted by atomic mass is 32.2. The van der Waals surface area contributed by atoms with Crippen LogP contribution in [0.2, 0.25) is 0 Å². The van der Waals surface area contributed by atoms with Gasteiger partial charge in [-0.05, 0) is 47.8 Å². The Kier molecular flexibility index (Phi) is 5.86. The van der Waals surface area contributed by atoms with E-state index in [1.165, 1.54) is 23.5 Å². The minimum atomic E-state index is -0.977. The van der Waals surface area contributed by atoms with Gasteiger partial charge >= 0.3 is 5.97 Å². The monoisotopic (exact) mass is 370 g/mol. The fourth-order valence-corrected chi connectivity index (χ4v) is 3.45. The summed E-state index contributed by atoms with van der Waals surface area (Å²) in [7, 11) is 0. The Labute approximate surface area is 153 Å². The summed E-state index contributed by atoms with van der Waals surface area (Å²) in [5, 5.41) is 12.6. The molecule has 0 saturated carbocycles. The van der Waals surface area contributed by atoms with Crippen molar-refractivity contribution in [2.75, 3.05) is 11.9 Å². The number of hydrogen-bond donors (Lipinski definition) is 2. The van der Waals surface area contributed by atoms with Crippen molar-refractivity contribution in [3.8, 4) is 0 Å². The van der Waals surface area contributed by atoms with Crippen molar-refractivity contribution >= 4 is 35.4 Å². The van der Waals surface area contributed by atoms with Gasteiger partial charge in [-0.15, -0.1) is 0 Å². The molecule has 0 atom stereocenters. The predicted octanol–water partition coefficient (Wildman–Crippen LogP) is 3.67. The largest absolute Gasteiger partial charge is 0.480 e. The van der Waals surface area contributed by atoms with Gasteiger partial charge in [0.1, 0.15) is 6.54 Å². The number of anilines is 1. The topological polar surface area (TPSA) is 88.0 Å². The molecule has 3 aromatic rings. The summed E-state index contributed by atoms with van der Waals surface area (Å²) >= 11 is 2.80. The molecule has 2 aromatic carbocycles. The van der Waals surface area contributed by atoms with Crippen LogP contribution in [0.1, 0.15) is 0 Å². The van der Waals surface area contributed by atoms with Crippen LogP contribution in [0.3, 0.4) is 0 Å². The molecule has 0 bridgehead atoms. The van der Waals surface area contributed by atoms with Gasteiger partial charge in [0.2, 0.25) is 5.95 Å². The van der Waals surface area contributed by atoms with Gasteiger partial charge in [0.15, 0.2) is 10.3 Å². The highest BCUT2D eigenvalue weighted by Gasteiger charge is 2.10. The van der Waals surface area contributed by atoms with Crippen LogP contribution in [0.5, 0.6) is 0 Å². The molecule has 0 spiro atoms. The molecule has 0 fully saturated rings. The molecule has 1 heterocycles. The fourth-order valence-electron chi connectivity index (χ4n) is 1.85. The van der Waals surface area contributed by atoms with Crippen molar-refractivity contribution in [3.63, 3.8) is 0 Å². The lowest BCUT2D eigenvalue weighted by atomic mass is 10.4. The second-order valence-corrected chi connectivity index (χ2v) is 6.88. The average Bonchev–Trinajstić information content (AvgIpc) is 2.61. The van der Waals surface area contributed by atoms with E-state index >= 15 is 0 Å². The maximum atomic E-state index is 10.8. The SMILES string of the molecule is O=C(O)CNc1nc(Sc2ccccc2)nc(Sc2ccccc2)n1. The Morgan fingerprint density at radius 2 is 1.32 bits per heavy atom. The quantitative estimate of drug-likeness (QED) is 0.651. The van der Waals surface area contributed by atoms with Crippen molar-refractivity contribution < 1.29 is 9.90 Å². The number of benzene rings is 2. The van der Waals surface area contributed by atoms with Gasteiger partial charge in [0.25, 0.3) is 0 Å². The molecule has 0 radical (unpaired) electrons. The highest BCUT2D eigenvalue weighted by Crippen LogP contribution is 2.29. The molecular formula is C17H14N4O2S2. The van der Waals surface area contributed by atoms with Crippen LogP contribution in [-0.2, 0) is 4.79 Å². The summed E-state index contributed by atoms with van der Waals surface area (Å²) in [5.41, 5.74) is 0. The summed E-state index contributed by atoms with van der Waals surface area (Å²) in [4.78, 5) is 25.8. The van der Waals surface area contributed by atoms with Crippen molar-refractivity contribution in [1.82, 2.24) is 15.0 Å². The summed E-state index contributed by atoms with van der Waals surface area (Å²) in [5.74, 6) is -0.732. The van der Waals surface area contributed by atoms with E-state index in [1.54, 1.807) is 0 Å². The number of hydrogen-bond acceptors (Lipinski definition) is 7. The lowest BCUT2D eigenvalue weighted by molar-refractivity contribution is -0.134. The smallest absolute Gasteiger partial charge is 0.322 e. The lowest BCUT2D eigenvalue weighted by Crippen LogP contribution is -2.15. The molecule has 3 rings (SSSR count). The predicted molar refractivity (Wildman–Crippen MR) is 97.1 cm³/mol. The van der Waals surface area contributed by atoms with Crippen LogP contribution < -0.4 is 5.32 Å². The molecule has 25 heavy (non-hydrogen) atoms. The minimum Gasteiger partial charge on any atom is -0.480 e. The molecule has 0 saturated heterocycles. The Balaban J connectivity index is 1.86. The molecule has 126 valence electrons. The van der Waals surface area contributed by atoms with Crippen LogP contribution >= 0.6 is 23.5 Å². The maximum absolute atomic E-state index is 10.8. The second kappa shape index (κ2) is 8.50. The van der Waals surface area contributed by atoms with E-state index in [9.17, 15) is 4.79 Å². The number of aromatic nitrogens is 3. The third kappa shape index (κ3) is 5.47. The summed E-state index contributed by atoms with van der Waals surface area (Å²) in [6.45, 7) is -0.255. The van der Waals surface area contributed by atoms with E-state index in [1.807, 2.05) is 60.7 Å². The first-order chi connectivity index (χ1) is 12.2. The summed E-state index contributed by atoms with van der Waals surface area (Å²) in [6.07, 6.45) is 0. The van der Waals surface area contributed by atoms with Gasteiger partial charge in [0, 0.05) is 9.79 Å². The lowest BCUT2D eigenvalue weighted by Gasteiger charge is -2.07. The minimum absolute atomic E-state index is 0.245. The first-order valence-electron chi connectivity index (χ1n) is 7.36. The average molecular weight is 370 g/mol. The van der Waals surface area contributed by atoms with E-state index < -0.39 is 5.97 Å². The van der Waals surface area contributed by atoms with Crippen LogP contribution in [0.4, 0.5) is 5.95 Å². The zero-order chi connectivity index (χ0) is 17.5. The Hall–Kier alpha value is -2.58. The van der Waals surface area contributed by atoms with E-state index in [2.05, 4.69) is 20.3 Å². The van der Waals surface area contributed by atoms with E-state index in [0.29, 0.717) is 10.3 Å². The number of aliphatic carboxylic acids is 1. The summed E-state index contributed by atoms with van der Waals surface area (Å²) < 4.78 is 0. The number of nitrogens with one attached hydrogen (secondary N) is 1. The number of carbonyl (C=O) groups is 1. The highest BCUT2D eigenvalue weighted by molar-refractivity contribution is 7.99. The van der Waals surface area contributed by atoms with Gasteiger partial charge in [-0.1, -0.05) is 36.4 Å². The van der Waals surface area contributed by atoms with E-state index in [4.69, 9.17) is 5.11 Å². The van der Waals surface area contributed by atoms with E-state index in [0.717, 1.165) is 9.79 Å². The molecule has 0 unspecified atom stereocenters. The van der Waals surface area contributed by atoms with Crippen molar-refractivity contribution in [2.45, 2.75) is 20.1 Å². The van der Waals surface area contributed by atoms with Gasteiger partial charge in [0.05, 0.1) is 0 Å². The van der Waals surface area contributed by atoms with Gasteiger partial charge in [-0.2, -0.15) is 15.0 Å². The molecular weight excluding hydrogens is 356 g/mol. The van der Waals surface area contributed by atoms with Crippen LogP contribution in [0.15, 0.2) is 80.8 Å². The standard InChI is InChI=1S/C17H14N4O2S2/c22-14(23)11-18-15-19-16(24-12-7-3-1-4-8-12)21-17(20-15)25-13-9-5-2-6-10-13/h1-10H,11H2,(H,22,23)(H,18,19,20,21). The third-order valence-electron chi connectivity index (χ3n) is 2.90. The molecule has 2 N–H and O–H groups in total. The fraction of sp³-hybridized carbons (Fsp3) is 0.0588. The van der Waals surface area contributed by atoms with Crippen molar-refractivity contribution in [2.24, 2.45) is 0 Å². The zero-order valence-corrected chi connectivity index (χ0v) is 14.6. The normalized spacial score (nSPS) is 10.4. The van der Waals surface area contributed by atoms with Crippen LogP contribution in [0, 0.1) is 0 Å². The van der Waals surface area contributed by atoms with Gasteiger partial charge in [-0.25, -0.2) is 0 Å². The van der Waals surface area contributed by atoms with Gasteiger partial charge in [-0.3, -0.25) is 4.79 Å². The first-order valence-corrected chi connectivity index (χ1v) is 9.00. The van der Waals surface area contributed by atoms with Crippen LogP contribution in [-0.4, -0.2) is 32.6 Å². The second-order valence-electron chi connectivity index (χ2n) is 4.80. The molecule has 0 aliphatic rings. The number of carboxylic acid groups (broad SMARTS) is 1.